The molecule has 0 N–H and O–H groups in total. The number of nitrogens with zero attached hydrogens (tertiary/aromatic N) is 1. The third-order valence-corrected chi connectivity index (χ3v) is 5.42. The largest absolute Gasteiger partial charge is 0.465 e. The summed E-state index contributed by atoms with van der Waals surface area (Å²) in [5.41, 5.74) is -5.87. The van der Waals surface area contributed by atoms with Gasteiger partial charge >= 0.3 is 18.1 Å². The molecule has 1 aromatic rings. The lowest BCUT2D eigenvalue weighted by Gasteiger charge is -2.20. The molecule has 150 valence electrons. The van der Waals surface area contributed by atoms with Crippen LogP contribution < -0.4 is 0 Å². The van der Waals surface area contributed by atoms with Crippen molar-refractivity contribution in [2.24, 2.45) is 5.92 Å². The molecule has 27 heavy (non-hydrogen) atoms. The van der Waals surface area contributed by atoms with Crippen LogP contribution in [0.4, 0.5) is 22.0 Å². The van der Waals surface area contributed by atoms with E-state index in [1.165, 1.54) is 0 Å². The first kappa shape index (κ1) is 21.8. The molecule has 5 nitrogen and oxygen atoms in total. The highest BCUT2D eigenvalue weighted by molar-refractivity contribution is 9.10. The molecular weight excluding hydrogens is 469 g/mol. The van der Waals surface area contributed by atoms with Crippen molar-refractivity contribution in [3.8, 4) is 0 Å². The first-order valence-electron chi connectivity index (χ1n) is 7.31. The third kappa shape index (κ3) is 4.34. The second-order valence-corrected chi connectivity index (χ2v) is 8.27. The highest BCUT2D eigenvalue weighted by Crippen LogP contribution is 2.56. The number of aromatic nitrogens is 1. The summed E-state index contributed by atoms with van der Waals surface area (Å²) in [6, 6.07) is 0. The second kappa shape index (κ2) is 7.50. The summed E-state index contributed by atoms with van der Waals surface area (Å²) in [7, 11) is 1.68. The number of pyridine rings is 1. The molecule has 1 saturated carbocycles. The van der Waals surface area contributed by atoms with Crippen molar-refractivity contribution in [1.29, 1.82) is 0 Å². The van der Waals surface area contributed by atoms with Gasteiger partial charge in [-0.15, -0.1) is 11.6 Å². The van der Waals surface area contributed by atoms with E-state index in [0.717, 1.165) is 14.2 Å². The van der Waals surface area contributed by atoms with Gasteiger partial charge in [-0.1, -0.05) is 15.9 Å². The lowest BCUT2D eigenvalue weighted by atomic mass is 9.93. The maximum absolute atomic E-state index is 13.4. The maximum Gasteiger partial charge on any atom is 0.434 e. The smallest absolute Gasteiger partial charge is 0.434 e. The highest BCUT2D eigenvalue weighted by atomic mass is 79.9. The topological polar surface area (TPSA) is 65.5 Å². The zero-order valence-electron chi connectivity index (χ0n) is 13.8. The van der Waals surface area contributed by atoms with Gasteiger partial charge in [0.2, 0.25) is 0 Å². The number of halogens is 7. The van der Waals surface area contributed by atoms with E-state index in [1.807, 2.05) is 0 Å². The molecule has 2 rings (SSSR count). The summed E-state index contributed by atoms with van der Waals surface area (Å²) < 4.78 is 74.9. The monoisotopic (exact) mass is 479 g/mol. The van der Waals surface area contributed by atoms with Gasteiger partial charge in [0.1, 0.15) is 9.48 Å². The average Bonchev–Trinajstić information content (AvgIpc) is 3.17. The molecule has 0 radical (unpaired) electrons. The minimum atomic E-state index is -5.24. The molecule has 0 aromatic carbocycles. The molecule has 1 aliphatic rings. The summed E-state index contributed by atoms with van der Waals surface area (Å²) in [5.74, 6) is -3.33. The van der Waals surface area contributed by atoms with E-state index in [-0.39, 0.29) is 12.8 Å². The minimum Gasteiger partial charge on any atom is -0.465 e. The van der Waals surface area contributed by atoms with Crippen molar-refractivity contribution in [1.82, 2.24) is 4.98 Å². The maximum atomic E-state index is 13.4. The number of hydrogen-bond donors (Lipinski definition) is 0. The van der Waals surface area contributed by atoms with Crippen LogP contribution in [0.5, 0.6) is 0 Å². The number of methoxy groups -OCH3 is 2. The van der Waals surface area contributed by atoms with E-state index < -0.39 is 62.3 Å². The summed E-state index contributed by atoms with van der Waals surface area (Å²) in [5, 5.41) is 0. The Labute approximate surface area is 163 Å². The number of ether oxygens (including phenoxy) is 2. The van der Waals surface area contributed by atoms with E-state index in [1.54, 1.807) is 0 Å². The summed E-state index contributed by atoms with van der Waals surface area (Å²) in [6.07, 6.45) is -8.85. The van der Waals surface area contributed by atoms with E-state index in [2.05, 4.69) is 30.4 Å². The van der Waals surface area contributed by atoms with E-state index in [0.29, 0.717) is 0 Å². The molecule has 2 unspecified atom stereocenters. The lowest BCUT2D eigenvalue weighted by molar-refractivity contribution is -0.142. The van der Waals surface area contributed by atoms with Crippen LogP contribution in [0.1, 0.15) is 50.5 Å². The Morgan fingerprint density at radius 2 is 1.74 bits per heavy atom. The van der Waals surface area contributed by atoms with Crippen molar-refractivity contribution < 1.29 is 41.0 Å². The second-order valence-electron chi connectivity index (χ2n) is 5.72. The van der Waals surface area contributed by atoms with Gasteiger partial charge < -0.3 is 9.47 Å². The fraction of sp³-hybridized carbons (Fsp3) is 0.533. The molecule has 0 amide bonds. The lowest BCUT2D eigenvalue weighted by Crippen LogP contribution is -2.25. The van der Waals surface area contributed by atoms with Crippen LogP contribution in [0, 0.1) is 5.92 Å². The van der Waals surface area contributed by atoms with Gasteiger partial charge in [0, 0.05) is 0 Å². The fourth-order valence-corrected chi connectivity index (χ4v) is 3.43. The van der Waals surface area contributed by atoms with E-state index in [9.17, 15) is 31.5 Å². The molecule has 0 bridgehead atoms. The van der Waals surface area contributed by atoms with Crippen LogP contribution in [0.15, 0.2) is 0 Å². The predicted octanol–water partition coefficient (Wildman–Crippen LogP) is 4.50. The van der Waals surface area contributed by atoms with Crippen molar-refractivity contribution >= 4 is 39.5 Å². The van der Waals surface area contributed by atoms with Gasteiger partial charge in [-0.2, -0.15) is 13.2 Å². The van der Waals surface area contributed by atoms with Crippen molar-refractivity contribution in [2.45, 2.75) is 29.2 Å². The van der Waals surface area contributed by atoms with Gasteiger partial charge in [-0.3, -0.25) is 0 Å². The van der Waals surface area contributed by atoms with Gasteiger partial charge in [0.25, 0.3) is 6.43 Å². The highest BCUT2D eigenvalue weighted by Gasteiger charge is 2.52. The summed E-state index contributed by atoms with van der Waals surface area (Å²) in [6.45, 7) is 0. The minimum absolute atomic E-state index is 0.281. The number of carbonyl (C=O) groups excluding carboxylic acids is 2. The zero-order chi connectivity index (χ0) is 20.7. The first-order chi connectivity index (χ1) is 12.3. The van der Waals surface area contributed by atoms with Crippen LogP contribution in [0.3, 0.4) is 0 Å². The predicted molar refractivity (Wildman–Crippen MR) is 86.2 cm³/mol. The normalized spacial score (nSPS) is 21.9. The summed E-state index contributed by atoms with van der Waals surface area (Å²) >= 11 is 9.14. The van der Waals surface area contributed by atoms with Crippen LogP contribution in [-0.2, 0) is 22.1 Å². The Hall–Kier alpha value is -1.49. The number of alkyl halides is 7. The molecule has 1 aromatic heterocycles. The SMILES string of the molecule is COC(=O)c1c(C(F)F)nc(C(F)(F)F)c(C(=O)OC)c1CC1CC1(Cl)Br. The standard InChI is InChI=1S/C15H12BrClF5NO4/c1-26-12(24)7-6(3-5-4-14(5,16)17)8(13(25)27-2)10(15(20,21)22)23-9(7)11(18)19/h5,11H,3-4H2,1-2H3. The van der Waals surface area contributed by atoms with Crippen LogP contribution in [0.25, 0.3) is 0 Å². The van der Waals surface area contributed by atoms with Crippen molar-refractivity contribution in [3.05, 3.63) is 28.1 Å². The van der Waals surface area contributed by atoms with Gasteiger partial charge in [0.15, 0.2) is 5.69 Å². The Morgan fingerprint density at radius 3 is 2.11 bits per heavy atom. The Morgan fingerprint density at radius 1 is 1.26 bits per heavy atom. The van der Waals surface area contributed by atoms with Crippen molar-refractivity contribution in [3.63, 3.8) is 0 Å². The number of carbonyl (C=O) groups is 2. The Balaban J connectivity index is 2.88. The molecule has 1 aliphatic carbocycles. The average molecular weight is 481 g/mol. The number of hydrogen-bond acceptors (Lipinski definition) is 5. The van der Waals surface area contributed by atoms with Gasteiger partial charge in [-0.05, 0) is 24.3 Å². The summed E-state index contributed by atoms with van der Waals surface area (Å²) in [4.78, 5) is 27.0. The third-order valence-electron chi connectivity index (χ3n) is 3.99. The molecular formula is C15H12BrClF5NO4. The van der Waals surface area contributed by atoms with Gasteiger partial charge in [-0.25, -0.2) is 23.4 Å². The fourth-order valence-electron chi connectivity index (χ4n) is 2.61. The first-order valence-corrected chi connectivity index (χ1v) is 8.48. The zero-order valence-corrected chi connectivity index (χ0v) is 16.1. The molecule has 12 heteroatoms. The molecule has 0 spiro atoms. The molecule has 1 heterocycles. The van der Waals surface area contributed by atoms with Gasteiger partial charge in [0.05, 0.1) is 25.3 Å². The number of rotatable bonds is 5. The molecule has 0 aliphatic heterocycles. The van der Waals surface area contributed by atoms with E-state index >= 15 is 0 Å². The van der Waals surface area contributed by atoms with E-state index in [4.69, 9.17) is 11.6 Å². The molecule has 1 fully saturated rings. The van der Waals surface area contributed by atoms with Crippen LogP contribution in [-0.4, -0.2) is 34.9 Å². The quantitative estimate of drug-likeness (QED) is 0.353. The van der Waals surface area contributed by atoms with Crippen molar-refractivity contribution in [2.75, 3.05) is 14.2 Å². The molecule has 2 atom stereocenters. The molecule has 0 saturated heterocycles. The van der Waals surface area contributed by atoms with Crippen LogP contribution in [0.2, 0.25) is 0 Å². The van der Waals surface area contributed by atoms with Crippen LogP contribution >= 0.6 is 27.5 Å². The Kier molecular flexibility index (Phi) is 6.05. The number of esters is 2. The Bertz CT molecular complexity index is 784.